The van der Waals surface area contributed by atoms with Crippen molar-refractivity contribution in [2.24, 2.45) is 0 Å². The number of benzene rings is 12. The molecular formula is C60H34S2. The van der Waals surface area contributed by atoms with Crippen LogP contribution in [0.15, 0.2) is 206 Å². The quantitative estimate of drug-likeness (QED) is 0.155. The maximum Gasteiger partial charge on any atom is 0.0361 e. The van der Waals surface area contributed by atoms with Gasteiger partial charge in [0.15, 0.2) is 0 Å². The first-order chi connectivity index (χ1) is 30.7. The Balaban J connectivity index is 1.09. The van der Waals surface area contributed by atoms with Crippen LogP contribution in [0.25, 0.3) is 139 Å². The van der Waals surface area contributed by atoms with Crippen LogP contribution in [-0.4, -0.2) is 0 Å². The monoisotopic (exact) mass is 818 g/mol. The minimum Gasteiger partial charge on any atom is -0.135 e. The van der Waals surface area contributed by atoms with Gasteiger partial charge in [-0.3, -0.25) is 0 Å². The van der Waals surface area contributed by atoms with Crippen LogP contribution in [0.1, 0.15) is 0 Å². The lowest BCUT2D eigenvalue weighted by Gasteiger charge is -2.22. The summed E-state index contributed by atoms with van der Waals surface area (Å²) < 4.78 is 5.31. The summed E-state index contributed by atoms with van der Waals surface area (Å²) in [6.07, 6.45) is 0. The van der Waals surface area contributed by atoms with Gasteiger partial charge in [0.05, 0.1) is 0 Å². The van der Waals surface area contributed by atoms with Crippen LogP contribution < -0.4 is 0 Å². The molecule has 0 atom stereocenters. The van der Waals surface area contributed by atoms with E-state index in [0.717, 1.165) is 0 Å². The highest BCUT2D eigenvalue weighted by atomic mass is 32.1. The Kier molecular flexibility index (Phi) is 7.24. The Labute approximate surface area is 365 Å². The van der Waals surface area contributed by atoms with Gasteiger partial charge in [-0.2, -0.15) is 0 Å². The van der Waals surface area contributed by atoms with Crippen molar-refractivity contribution >= 4 is 117 Å². The van der Waals surface area contributed by atoms with Crippen LogP contribution in [0.3, 0.4) is 0 Å². The van der Waals surface area contributed by atoms with E-state index in [0.29, 0.717) is 0 Å². The molecule has 0 bridgehead atoms. The fourth-order valence-corrected chi connectivity index (χ4v) is 12.7. The van der Waals surface area contributed by atoms with Crippen molar-refractivity contribution < 1.29 is 0 Å². The molecule has 0 unspecified atom stereocenters. The minimum absolute atomic E-state index is 1.22. The fourth-order valence-electron chi connectivity index (χ4n) is 10.4. The summed E-state index contributed by atoms with van der Waals surface area (Å²) in [5.41, 5.74) is 9.98. The molecule has 0 spiro atoms. The Morgan fingerprint density at radius 1 is 0.210 bits per heavy atom. The van der Waals surface area contributed by atoms with Crippen molar-refractivity contribution in [2.45, 2.75) is 0 Å². The van der Waals surface area contributed by atoms with Crippen LogP contribution in [-0.2, 0) is 0 Å². The minimum atomic E-state index is 1.22. The third kappa shape index (κ3) is 5.06. The van der Waals surface area contributed by atoms with Crippen LogP contribution in [0.5, 0.6) is 0 Å². The van der Waals surface area contributed by atoms with Gasteiger partial charge in [0, 0.05) is 40.3 Å². The Morgan fingerprint density at radius 2 is 0.613 bits per heavy atom. The molecule has 0 amide bonds. The zero-order chi connectivity index (χ0) is 40.5. The molecule has 0 fully saturated rings. The van der Waals surface area contributed by atoms with Crippen molar-refractivity contribution in [2.75, 3.05) is 0 Å². The largest absolute Gasteiger partial charge is 0.135 e. The van der Waals surface area contributed by atoms with Gasteiger partial charge in [0.1, 0.15) is 0 Å². The van der Waals surface area contributed by atoms with Crippen molar-refractivity contribution in [3.8, 4) is 44.5 Å². The maximum atomic E-state index is 2.50. The van der Waals surface area contributed by atoms with Crippen LogP contribution in [0.2, 0.25) is 0 Å². The second kappa shape index (κ2) is 13.1. The molecular weight excluding hydrogens is 785 g/mol. The van der Waals surface area contributed by atoms with Crippen LogP contribution >= 0.6 is 22.7 Å². The van der Waals surface area contributed by atoms with E-state index in [-0.39, 0.29) is 0 Å². The predicted octanol–water partition coefficient (Wildman–Crippen LogP) is 18.3. The molecule has 0 aliphatic carbocycles. The van der Waals surface area contributed by atoms with E-state index in [9.17, 15) is 0 Å². The van der Waals surface area contributed by atoms with E-state index < -0.39 is 0 Å². The van der Waals surface area contributed by atoms with E-state index in [4.69, 9.17) is 0 Å². The Bertz CT molecular complexity index is 4130. The SMILES string of the molecule is c1ccc(-c2ccc3c(-c4ccc5sc6cc7ccccc7cc6c5c4)cc4c(-c5ccccc5)cc(-c5ccc6sc7cc8ccccc8cc7c6c5)c5ccc2c3c54)cc1. The van der Waals surface area contributed by atoms with Crippen molar-refractivity contribution in [3.63, 3.8) is 0 Å². The van der Waals surface area contributed by atoms with Gasteiger partial charge < -0.3 is 0 Å². The fraction of sp³-hybridized carbons (Fsp3) is 0. The Morgan fingerprint density at radius 3 is 1.16 bits per heavy atom. The number of hydrogen-bond donors (Lipinski definition) is 0. The smallest absolute Gasteiger partial charge is 0.0361 e. The standard InChI is InChI=1S/C60H34S2/c1-3-11-35(12-4-1)43-21-22-45-49(42-20-26-56-51(30-42)53-28-38-16-8-10-18-40(38)32-58(53)62-56)34-54-47(36-13-5-2-6-14-36)33-48(46-24-23-44(43)59(45)60(46)54)41-19-25-55-50(29-41)52-27-37-15-7-9-17-39(37)31-57(52)61-55/h1-34H. The zero-order valence-electron chi connectivity index (χ0n) is 33.4. The molecule has 2 aromatic heterocycles. The average molecular weight is 819 g/mol. The second-order valence-corrected chi connectivity index (χ2v) is 18.9. The summed E-state index contributed by atoms with van der Waals surface area (Å²) in [6.45, 7) is 0. The van der Waals surface area contributed by atoms with E-state index in [1.807, 2.05) is 22.7 Å². The first-order valence-corrected chi connectivity index (χ1v) is 22.9. The first-order valence-electron chi connectivity index (χ1n) is 21.3. The molecule has 62 heavy (non-hydrogen) atoms. The lowest BCUT2D eigenvalue weighted by Crippen LogP contribution is -1.94. The highest BCUT2D eigenvalue weighted by Crippen LogP contribution is 2.50. The number of hydrogen-bond acceptors (Lipinski definition) is 2. The van der Waals surface area contributed by atoms with Crippen LogP contribution in [0.4, 0.5) is 0 Å². The summed E-state index contributed by atoms with van der Waals surface area (Å²) in [5, 5.41) is 18.2. The topological polar surface area (TPSA) is 0 Å². The molecule has 0 saturated carbocycles. The van der Waals surface area contributed by atoms with Gasteiger partial charge in [0.25, 0.3) is 0 Å². The lowest BCUT2D eigenvalue weighted by atomic mass is 9.81. The van der Waals surface area contributed by atoms with E-state index in [1.165, 1.54) is 139 Å². The molecule has 0 aliphatic rings. The molecule has 2 heteroatoms. The highest BCUT2D eigenvalue weighted by molar-refractivity contribution is 7.26. The summed E-state index contributed by atoms with van der Waals surface area (Å²) in [4.78, 5) is 0. The first kappa shape index (κ1) is 34.4. The van der Waals surface area contributed by atoms with Gasteiger partial charge in [0.2, 0.25) is 0 Å². The summed E-state index contributed by atoms with van der Waals surface area (Å²) in [6, 6.07) is 77.7. The predicted molar refractivity (Wildman–Crippen MR) is 273 cm³/mol. The zero-order valence-corrected chi connectivity index (χ0v) is 35.1. The van der Waals surface area contributed by atoms with Crippen molar-refractivity contribution in [1.82, 2.24) is 0 Å². The van der Waals surface area contributed by atoms with Gasteiger partial charge in [-0.05, 0) is 159 Å². The molecule has 0 aliphatic heterocycles. The number of thiophene rings is 2. The van der Waals surface area contributed by atoms with Crippen molar-refractivity contribution in [1.29, 1.82) is 0 Å². The molecule has 14 aromatic rings. The summed E-state index contributed by atoms with van der Waals surface area (Å²) in [5.74, 6) is 0. The average Bonchev–Trinajstić information content (AvgIpc) is 3.87. The molecule has 286 valence electrons. The third-order valence-corrected chi connectivity index (χ3v) is 15.6. The van der Waals surface area contributed by atoms with E-state index in [2.05, 4.69) is 206 Å². The molecule has 14 rings (SSSR count). The maximum absolute atomic E-state index is 2.50. The van der Waals surface area contributed by atoms with Gasteiger partial charge in [-0.25, -0.2) is 0 Å². The second-order valence-electron chi connectivity index (χ2n) is 16.8. The molecule has 0 radical (unpaired) electrons. The van der Waals surface area contributed by atoms with Gasteiger partial charge >= 0.3 is 0 Å². The van der Waals surface area contributed by atoms with E-state index >= 15 is 0 Å². The number of fused-ring (bicyclic) bond motifs is 8. The van der Waals surface area contributed by atoms with Crippen molar-refractivity contribution in [3.05, 3.63) is 206 Å². The Hall–Kier alpha value is -7.36. The third-order valence-electron chi connectivity index (χ3n) is 13.4. The lowest BCUT2D eigenvalue weighted by molar-refractivity contribution is 1.64. The summed E-state index contributed by atoms with van der Waals surface area (Å²) in [7, 11) is 0. The summed E-state index contributed by atoms with van der Waals surface area (Å²) >= 11 is 3.78. The van der Waals surface area contributed by atoms with Crippen LogP contribution in [0, 0.1) is 0 Å². The highest BCUT2D eigenvalue weighted by Gasteiger charge is 2.22. The number of rotatable bonds is 4. The van der Waals surface area contributed by atoms with Gasteiger partial charge in [-0.15, -0.1) is 22.7 Å². The normalized spacial score (nSPS) is 12.2. The molecule has 0 saturated heterocycles. The molecule has 2 heterocycles. The molecule has 0 nitrogen and oxygen atoms in total. The molecule has 12 aromatic carbocycles. The molecule has 0 N–H and O–H groups in total. The van der Waals surface area contributed by atoms with E-state index in [1.54, 1.807) is 0 Å². The van der Waals surface area contributed by atoms with Gasteiger partial charge in [-0.1, -0.05) is 146 Å².